The molecule has 2 fully saturated rings. The SMILES string of the molecule is Cc1c(/C=C2\SC(=Nc3ccccc3F)N(C3CCCCC3)C2=O)c2ccccc2n1Cc1ccc(Br)cc1. The molecule has 1 saturated heterocycles. The minimum Gasteiger partial charge on any atom is -0.340 e. The van der Waals surface area contributed by atoms with Crippen LogP contribution in [-0.4, -0.2) is 26.6 Å². The number of fused-ring (bicyclic) bond motifs is 1. The molecule has 0 radical (unpaired) electrons. The first-order valence-electron chi connectivity index (χ1n) is 13.4. The molecule has 1 amide bonds. The molecule has 7 heteroatoms. The number of benzene rings is 3. The van der Waals surface area contributed by atoms with Crippen LogP contribution >= 0.6 is 27.7 Å². The second-order valence-electron chi connectivity index (χ2n) is 10.2. The molecule has 3 aromatic carbocycles. The van der Waals surface area contributed by atoms with Crippen molar-refractivity contribution < 1.29 is 9.18 Å². The second kappa shape index (κ2) is 11.1. The van der Waals surface area contributed by atoms with Gasteiger partial charge in [-0.25, -0.2) is 9.38 Å². The lowest BCUT2D eigenvalue weighted by Crippen LogP contribution is -2.40. The van der Waals surface area contributed by atoms with Crippen molar-refractivity contribution in [2.24, 2.45) is 4.99 Å². The van der Waals surface area contributed by atoms with Gasteiger partial charge in [0.25, 0.3) is 5.91 Å². The molecule has 0 unspecified atom stereocenters. The average Bonchev–Trinajstić information content (AvgIpc) is 3.40. The molecule has 0 atom stereocenters. The van der Waals surface area contributed by atoms with E-state index >= 15 is 0 Å². The third-order valence-electron chi connectivity index (χ3n) is 7.65. The highest BCUT2D eigenvalue weighted by Gasteiger charge is 2.39. The highest BCUT2D eigenvalue weighted by atomic mass is 79.9. The number of hydrogen-bond acceptors (Lipinski definition) is 3. The van der Waals surface area contributed by atoms with Gasteiger partial charge in [-0.3, -0.25) is 9.69 Å². The van der Waals surface area contributed by atoms with Gasteiger partial charge in [0.15, 0.2) is 5.17 Å². The summed E-state index contributed by atoms with van der Waals surface area (Å²) >= 11 is 4.88. The van der Waals surface area contributed by atoms with E-state index in [-0.39, 0.29) is 23.5 Å². The topological polar surface area (TPSA) is 37.6 Å². The zero-order valence-corrected chi connectivity index (χ0v) is 24.1. The summed E-state index contributed by atoms with van der Waals surface area (Å²) in [5.41, 5.74) is 4.73. The first-order chi connectivity index (χ1) is 19.0. The van der Waals surface area contributed by atoms with E-state index in [1.165, 1.54) is 29.8 Å². The summed E-state index contributed by atoms with van der Waals surface area (Å²) in [6.45, 7) is 2.85. The third-order valence-corrected chi connectivity index (χ3v) is 9.17. The number of thioether (sulfide) groups is 1. The maximum Gasteiger partial charge on any atom is 0.267 e. The monoisotopic (exact) mass is 601 g/mol. The van der Waals surface area contributed by atoms with Crippen LogP contribution in [0.4, 0.5) is 10.1 Å². The molecule has 0 bridgehead atoms. The van der Waals surface area contributed by atoms with Crippen LogP contribution in [0.5, 0.6) is 0 Å². The van der Waals surface area contributed by atoms with Gasteiger partial charge in [0, 0.05) is 39.2 Å². The maximum atomic E-state index is 14.5. The molecule has 1 aliphatic carbocycles. The number of rotatable bonds is 5. The molecule has 1 aromatic heterocycles. The van der Waals surface area contributed by atoms with Crippen LogP contribution in [0, 0.1) is 12.7 Å². The first kappa shape index (κ1) is 26.1. The van der Waals surface area contributed by atoms with E-state index in [2.05, 4.69) is 74.9 Å². The van der Waals surface area contributed by atoms with E-state index in [4.69, 9.17) is 0 Å². The van der Waals surface area contributed by atoms with Gasteiger partial charge in [-0.1, -0.05) is 77.7 Å². The Morgan fingerprint density at radius 2 is 1.72 bits per heavy atom. The van der Waals surface area contributed by atoms with Crippen LogP contribution in [0.15, 0.2) is 87.2 Å². The van der Waals surface area contributed by atoms with Crippen molar-refractivity contribution in [3.8, 4) is 0 Å². The normalized spacial score (nSPS) is 18.6. The number of aromatic nitrogens is 1. The smallest absolute Gasteiger partial charge is 0.267 e. The molecule has 1 saturated carbocycles. The lowest BCUT2D eigenvalue weighted by Gasteiger charge is -2.30. The fourth-order valence-corrected chi connectivity index (χ4v) is 6.92. The summed E-state index contributed by atoms with van der Waals surface area (Å²) in [5, 5.41) is 1.68. The van der Waals surface area contributed by atoms with Gasteiger partial charge in [-0.15, -0.1) is 0 Å². The number of nitrogens with zero attached hydrogens (tertiary/aromatic N) is 3. The molecule has 6 rings (SSSR count). The number of amidine groups is 1. The largest absolute Gasteiger partial charge is 0.340 e. The lowest BCUT2D eigenvalue weighted by molar-refractivity contribution is -0.124. The van der Waals surface area contributed by atoms with E-state index < -0.39 is 0 Å². The molecule has 2 heterocycles. The zero-order valence-electron chi connectivity index (χ0n) is 21.7. The number of amides is 1. The number of hydrogen-bond donors (Lipinski definition) is 0. The van der Waals surface area contributed by atoms with E-state index in [9.17, 15) is 9.18 Å². The Hall–Kier alpha value is -3.16. The molecule has 4 aromatic rings. The summed E-state index contributed by atoms with van der Waals surface area (Å²) in [5.74, 6) is -0.419. The Morgan fingerprint density at radius 3 is 2.49 bits per heavy atom. The summed E-state index contributed by atoms with van der Waals surface area (Å²) in [4.78, 5) is 21.1. The van der Waals surface area contributed by atoms with E-state index in [0.717, 1.165) is 58.9 Å². The number of halogens is 2. The molecular weight excluding hydrogens is 573 g/mol. The van der Waals surface area contributed by atoms with Gasteiger partial charge < -0.3 is 4.57 Å². The second-order valence-corrected chi connectivity index (χ2v) is 12.1. The third kappa shape index (κ3) is 5.22. The highest BCUT2D eigenvalue weighted by Crippen LogP contribution is 2.40. The maximum absolute atomic E-state index is 14.5. The molecule has 1 aliphatic heterocycles. The number of aliphatic imine (C=N–C) groups is 1. The van der Waals surface area contributed by atoms with Gasteiger partial charge in [-0.2, -0.15) is 0 Å². The van der Waals surface area contributed by atoms with Crippen molar-refractivity contribution in [3.05, 3.63) is 105 Å². The van der Waals surface area contributed by atoms with Gasteiger partial charge in [0.1, 0.15) is 11.5 Å². The van der Waals surface area contributed by atoms with Crippen LogP contribution in [0.3, 0.4) is 0 Å². The van der Waals surface area contributed by atoms with Crippen molar-refractivity contribution in [3.63, 3.8) is 0 Å². The van der Waals surface area contributed by atoms with Crippen molar-refractivity contribution >= 4 is 61.4 Å². The first-order valence-corrected chi connectivity index (χ1v) is 15.0. The Kier molecular flexibility index (Phi) is 7.45. The number of para-hydroxylation sites is 2. The van der Waals surface area contributed by atoms with E-state index in [1.54, 1.807) is 18.2 Å². The van der Waals surface area contributed by atoms with Crippen LogP contribution in [-0.2, 0) is 11.3 Å². The Bertz CT molecular complexity index is 1600. The van der Waals surface area contributed by atoms with Gasteiger partial charge in [0.2, 0.25) is 0 Å². The highest BCUT2D eigenvalue weighted by molar-refractivity contribution is 9.10. The predicted octanol–water partition coefficient (Wildman–Crippen LogP) is 8.84. The van der Waals surface area contributed by atoms with Crippen LogP contribution < -0.4 is 0 Å². The molecule has 2 aliphatic rings. The summed E-state index contributed by atoms with van der Waals surface area (Å²) in [6.07, 6.45) is 7.28. The fourth-order valence-electron chi connectivity index (χ4n) is 5.62. The van der Waals surface area contributed by atoms with E-state index in [0.29, 0.717) is 10.1 Å². The van der Waals surface area contributed by atoms with Crippen LogP contribution in [0.1, 0.15) is 48.9 Å². The molecule has 4 nitrogen and oxygen atoms in total. The van der Waals surface area contributed by atoms with Crippen LogP contribution in [0.25, 0.3) is 17.0 Å². The van der Waals surface area contributed by atoms with Gasteiger partial charge >= 0.3 is 0 Å². The van der Waals surface area contributed by atoms with Gasteiger partial charge in [-0.05, 0) is 73.5 Å². The average molecular weight is 603 g/mol. The zero-order chi connectivity index (χ0) is 26.9. The Morgan fingerprint density at radius 1 is 1.00 bits per heavy atom. The Balaban J connectivity index is 1.42. The summed E-state index contributed by atoms with van der Waals surface area (Å²) < 4.78 is 17.9. The van der Waals surface area contributed by atoms with Crippen molar-refractivity contribution in [2.75, 3.05) is 0 Å². The number of carbonyl (C=O) groups is 1. The molecule has 39 heavy (non-hydrogen) atoms. The van der Waals surface area contributed by atoms with Crippen molar-refractivity contribution in [2.45, 2.75) is 51.6 Å². The predicted molar refractivity (Wildman–Crippen MR) is 163 cm³/mol. The summed E-state index contributed by atoms with van der Waals surface area (Å²) in [7, 11) is 0. The number of carbonyl (C=O) groups excluding carboxylic acids is 1. The fraction of sp³-hybridized carbons (Fsp3) is 0.250. The Labute approximate surface area is 240 Å². The molecule has 0 spiro atoms. The molecule has 198 valence electrons. The summed E-state index contributed by atoms with van der Waals surface area (Å²) in [6, 6.07) is 23.3. The van der Waals surface area contributed by atoms with Crippen molar-refractivity contribution in [1.29, 1.82) is 0 Å². The molecular formula is C32H29BrFN3OS. The van der Waals surface area contributed by atoms with Gasteiger partial charge in [0.05, 0.1) is 4.91 Å². The molecule has 0 N–H and O–H groups in total. The van der Waals surface area contributed by atoms with Crippen molar-refractivity contribution in [1.82, 2.24) is 9.47 Å². The van der Waals surface area contributed by atoms with Crippen LogP contribution in [0.2, 0.25) is 0 Å². The van der Waals surface area contributed by atoms with E-state index in [1.807, 2.05) is 17.0 Å². The minimum absolute atomic E-state index is 0.0360. The minimum atomic E-state index is -0.383. The standard InChI is InChI=1S/C32H29BrFN3OS/c1-21-26(25-11-5-8-14-29(25)36(21)20-22-15-17-23(33)18-16-22)19-30-31(38)37(24-9-3-2-4-10-24)32(39-30)35-28-13-7-6-12-27(28)34/h5-8,11-19,24H,2-4,9-10,20H2,1H3/b30-19-,35-32?. The quantitative estimate of drug-likeness (QED) is 0.214. The lowest BCUT2D eigenvalue weighted by atomic mass is 9.94.